The van der Waals surface area contributed by atoms with Gasteiger partial charge in [0, 0.05) is 24.3 Å². The fourth-order valence-electron chi connectivity index (χ4n) is 5.81. The van der Waals surface area contributed by atoms with Crippen molar-refractivity contribution >= 4 is 17.3 Å². The van der Waals surface area contributed by atoms with Crippen LogP contribution >= 0.6 is 0 Å². The molecule has 1 aliphatic carbocycles. The zero-order valence-electron chi connectivity index (χ0n) is 20.3. The monoisotopic (exact) mass is 439 g/mol. The summed E-state index contributed by atoms with van der Waals surface area (Å²) in [7, 11) is 2.18. The Balaban J connectivity index is 1.77. The van der Waals surface area contributed by atoms with Gasteiger partial charge in [0.1, 0.15) is 0 Å². The molecule has 1 aliphatic heterocycles. The van der Waals surface area contributed by atoms with Crippen molar-refractivity contribution in [2.24, 2.45) is 0 Å². The summed E-state index contributed by atoms with van der Waals surface area (Å²) in [6, 6.07) is 21.1. The molecular formula is C30H33NO2. The number of rotatable bonds is 2. The minimum absolute atomic E-state index is 0.134. The number of carbonyl (C=O) groups is 1. The summed E-state index contributed by atoms with van der Waals surface area (Å²) in [5.74, 6) is -0.717. The van der Waals surface area contributed by atoms with Crippen molar-refractivity contribution in [3.63, 3.8) is 0 Å². The first kappa shape index (κ1) is 21.8. The van der Waals surface area contributed by atoms with E-state index in [0.717, 1.165) is 6.42 Å². The van der Waals surface area contributed by atoms with E-state index in [9.17, 15) is 9.90 Å². The molecule has 170 valence electrons. The van der Waals surface area contributed by atoms with Gasteiger partial charge in [-0.05, 0) is 82.2 Å². The second-order valence-electron chi connectivity index (χ2n) is 11.1. The van der Waals surface area contributed by atoms with Crippen LogP contribution in [0.25, 0.3) is 0 Å². The molecule has 0 saturated carbocycles. The van der Waals surface area contributed by atoms with Gasteiger partial charge in [-0.3, -0.25) is 0 Å². The van der Waals surface area contributed by atoms with Crippen LogP contribution < -0.4 is 4.90 Å². The molecule has 0 radical (unpaired) electrons. The normalized spacial score (nSPS) is 20.3. The molecular weight excluding hydrogens is 406 g/mol. The zero-order valence-corrected chi connectivity index (χ0v) is 20.3. The SMILES string of the molecule is CN1c2ccccc2CC(c2ccc(C(=O)O)cc2)c2cc3c(cc21)C(C)(C)CCC3(C)C. The Kier molecular flexibility index (Phi) is 4.93. The summed E-state index contributed by atoms with van der Waals surface area (Å²) in [5.41, 5.74) is 9.86. The second-order valence-corrected chi connectivity index (χ2v) is 11.1. The first-order valence-corrected chi connectivity index (χ1v) is 11.9. The van der Waals surface area contributed by atoms with Gasteiger partial charge in [-0.15, -0.1) is 0 Å². The quantitative estimate of drug-likeness (QED) is 0.459. The highest BCUT2D eigenvalue weighted by Crippen LogP contribution is 2.51. The Morgan fingerprint density at radius 1 is 0.879 bits per heavy atom. The van der Waals surface area contributed by atoms with Crippen LogP contribution in [0.15, 0.2) is 60.7 Å². The predicted molar refractivity (Wildman–Crippen MR) is 135 cm³/mol. The van der Waals surface area contributed by atoms with Gasteiger partial charge in [0.25, 0.3) is 0 Å². The summed E-state index contributed by atoms with van der Waals surface area (Å²) in [4.78, 5) is 13.8. The molecule has 0 fully saturated rings. The van der Waals surface area contributed by atoms with Crippen molar-refractivity contribution in [2.45, 2.75) is 63.7 Å². The highest BCUT2D eigenvalue weighted by atomic mass is 16.4. The lowest BCUT2D eigenvalue weighted by Crippen LogP contribution is -2.34. The minimum Gasteiger partial charge on any atom is -0.478 e. The largest absolute Gasteiger partial charge is 0.478 e. The van der Waals surface area contributed by atoms with Gasteiger partial charge in [-0.1, -0.05) is 64.1 Å². The maximum absolute atomic E-state index is 11.4. The van der Waals surface area contributed by atoms with E-state index in [1.807, 2.05) is 12.1 Å². The first-order valence-electron chi connectivity index (χ1n) is 11.9. The minimum atomic E-state index is -0.883. The third kappa shape index (κ3) is 3.55. The standard InChI is InChI=1S/C30H33NO2/c1-29(2)14-15-30(3,4)25-18-27-23(17-24(25)29)22(19-10-12-20(13-11-19)28(32)33)16-21-8-6-7-9-26(21)31(27)5/h6-13,17-18,22H,14-16H2,1-5H3,(H,32,33). The van der Waals surface area contributed by atoms with Gasteiger partial charge in [0.15, 0.2) is 0 Å². The number of anilines is 2. The number of hydrogen-bond donors (Lipinski definition) is 1. The summed E-state index contributed by atoms with van der Waals surface area (Å²) >= 11 is 0. The van der Waals surface area contributed by atoms with Crippen LogP contribution in [-0.4, -0.2) is 18.1 Å². The van der Waals surface area contributed by atoms with E-state index in [0.29, 0.717) is 5.56 Å². The number of para-hydroxylation sites is 1. The van der Waals surface area contributed by atoms with Crippen LogP contribution in [0.5, 0.6) is 0 Å². The number of benzene rings is 3. The molecule has 3 aromatic rings. The zero-order chi connectivity index (χ0) is 23.5. The third-order valence-corrected chi connectivity index (χ3v) is 8.07. The Bertz CT molecular complexity index is 1240. The van der Waals surface area contributed by atoms with Gasteiger partial charge >= 0.3 is 5.97 Å². The van der Waals surface area contributed by atoms with E-state index in [2.05, 4.69) is 76.0 Å². The average Bonchev–Trinajstić information content (AvgIpc) is 2.91. The smallest absolute Gasteiger partial charge is 0.335 e. The van der Waals surface area contributed by atoms with Crippen molar-refractivity contribution < 1.29 is 9.90 Å². The number of carboxylic acids is 1. The lowest BCUT2D eigenvalue weighted by atomic mass is 9.62. The molecule has 0 bridgehead atoms. The van der Waals surface area contributed by atoms with Crippen molar-refractivity contribution in [1.29, 1.82) is 0 Å². The highest BCUT2D eigenvalue weighted by molar-refractivity contribution is 5.87. The molecule has 0 aromatic heterocycles. The Hall–Kier alpha value is -3.07. The topological polar surface area (TPSA) is 40.5 Å². The van der Waals surface area contributed by atoms with E-state index in [1.54, 1.807) is 12.1 Å². The summed E-state index contributed by atoms with van der Waals surface area (Å²) in [5, 5.41) is 9.39. The van der Waals surface area contributed by atoms with Crippen LogP contribution in [0.2, 0.25) is 0 Å². The molecule has 1 N–H and O–H groups in total. The molecule has 3 aromatic carbocycles. The lowest BCUT2D eigenvalue weighted by Gasteiger charge is -2.43. The molecule has 0 amide bonds. The second kappa shape index (κ2) is 7.48. The van der Waals surface area contributed by atoms with E-state index < -0.39 is 5.97 Å². The van der Waals surface area contributed by atoms with Gasteiger partial charge in [-0.2, -0.15) is 0 Å². The summed E-state index contributed by atoms with van der Waals surface area (Å²) in [6.07, 6.45) is 3.26. The first-order chi connectivity index (χ1) is 15.6. The van der Waals surface area contributed by atoms with Gasteiger partial charge in [0.2, 0.25) is 0 Å². The van der Waals surface area contributed by atoms with Crippen molar-refractivity contribution in [3.8, 4) is 0 Å². The maximum Gasteiger partial charge on any atom is 0.335 e. The van der Waals surface area contributed by atoms with E-state index in [-0.39, 0.29) is 16.7 Å². The van der Waals surface area contributed by atoms with Crippen LogP contribution in [0.1, 0.15) is 84.6 Å². The number of hydrogen-bond acceptors (Lipinski definition) is 2. The van der Waals surface area contributed by atoms with Crippen molar-refractivity contribution in [1.82, 2.24) is 0 Å². The summed E-state index contributed by atoms with van der Waals surface area (Å²) in [6.45, 7) is 9.50. The lowest BCUT2D eigenvalue weighted by molar-refractivity contribution is 0.0697. The van der Waals surface area contributed by atoms with Gasteiger partial charge < -0.3 is 10.0 Å². The predicted octanol–water partition coefficient (Wildman–Crippen LogP) is 7.19. The number of fused-ring (bicyclic) bond motifs is 3. The van der Waals surface area contributed by atoms with Gasteiger partial charge in [0.05, 0.1) is 5.56 Å². The molecule has 33 heavy (non-hydrogen) atoms. The molecule has 0 spiro atoms. The molecule has 1 unspecified atom stereocenters. The number of carboxylic acid groups (broad SMARTS) is 1. The van der Waals surface area contributed by atoms with E-state index in [1.165, 1.54) is 52.0 Å². The van der Waals surface area contributed by atoms with Crippen LogP contribution in [-0.2, 0) is 17.3 Å². The maximum atomic E-state index is 11.4. The average molecular weight is 440 g/mol. The van der Waals surface area contributed by atoms with E-state index in [4.69, 9.17) is 0 Å². The molecule has 3 nitrogen and oxygen atoms in total. The summed E-state index contributed by atoms with van der Waals surface area (Å²) < 4.78 is 0. The fraction of sp³-hybridized carbons (Fsp3) is 0.367. The highest BCUT2D eigenvalue weighted by Gasteiger charge is 2.39. The van der Waals surface area contributed by atoms with Crippen LogP contribution in [0, 0.1) is 0 Å². The Morgan fingerprint density at radius 3 is 2.12 bits per heavy atom. The fourth-order valence-corrected chi connectivity index (χ4v) is 5.81. The van der Waals surface area contributed by atoms with Crippen LogP contribution in [0.3, 0.4) is 0 Å². The Morgan fingerprint density at radius 2 is 1.48 bits per heavy atom. The van der Waals surface area contributed by atoms with Gasteiger partial charge in [-0.25, -0.2) is 4.79 Å². The van der Waals surface area contributed by atoms with Crippen LogP contribution in [0.4, 0.5) is 11.4 Å². The molecule has 0 saturated heterocycles. The molecule has 5 rings (SSSR count). The molecule has 1 heterocycles. The number of aromatic carboxylic acids is 1. The van der Waals surface area contributed by atoms with E-state index >= 15 is 0 Å². The molecule has 2 aliphatic rings. The third-order valence-electron chi connectivity index (χ3n) is 8.07. The van der Waals surface area contributed by atoms with Crippen molar-refractivity contribution in [3.05, 3.63) is 94.0 Å². The molecule has 3 heteroatoms. The Labute approximate surface area is 197 Å². The van der Waals surface area contributed by atoms with Crippen molar-refractivity contribution in [2.75, 3.05) is 11.9 Å². The molecule has 1 atom stereocenters. The number of nitrogens with zero attached hydrogens (tertiary/aromatic N) is 1.